The summed E-state index contributed by atoms with van der Waals surface area (Å²) in [6, 6.07) is 6.68. The van der Waals surface area contributed by atoms with Crippen LogP contribution in [0.2, 0.25) is 0 Å². The van der Waals surface area contributed by atoms with E-state index in [2.05, 4.69) is 23.6 Å². The van der Waals surface area contributed by atoms with Gasteiger partial charge in [0, 0.05) is 49.7 Å². The number of aromatic hydroxyl groups is 4. The first-order valence-corrected chi connectivity index (χ1v) is 10.5. The molecule has 2 aromatic carbocycles. The maximum absolute atomic E-state index is 9.45. The van der Waals surface area contributed by atoms with Crippen molar-refractivity contribution >= 4 is 11.4 Å². The van der Waals surface area contributed by atoms with E-state index >= 15 is 0 Å². The van der Waals surface area contributed by atoms with Gasteiger partial charge >= 0.3 is 0 Å². The predicted molar refractivity (Wildman–Crippen MR) is 117 cm³/mol. The Balaban J connectivity index is 0.000000166. The molecule has 0 amide bonds. The van der Waals surface area contributed by atoms with Crippen LogP contribution in [0.5, 0.6) is 23.0 Å². The number of phenols is 4. The summed E-state index contributed by atoms with van der Waals surface area (Å²) in [4.78, 5) is 4.52. The first kappa shape index (κ1) is 21.0. The van der Waals surface area contributed by atoms with Crippen molar-refractivity contribution in [3.05, 3.63) is 35.4 Å². The lowest BCUT2D eigenvalue weighted by Gasteiger charge is -2.19. The second kappa shape index (κ2) is 9.16. The lowest BCUT2D eigenvalue weighted by Crippen LogP contribution is -2.21. The topological polar surface area (TPSA) is 87.4 Å². The summed E-state index contributed by atoms with van der Waals surface area (Å²) in [6.07, 6.45) is 5.37. The van der Waals surface area contributed by atoms with Crippen LogP contribution in [-0.4, -0.2) is 46.6 Å². The minimum absolute atomic E-state index is 0.00825. The molecule has 0 fully saturated rings. The van der Waals surface area contributed by atoms with E-state index in [9.17, 15) is 20.4 Å². The zero-order valence-electron chi connectivity index (χ0n) is 17.4. The molecule has 29 heavy (non-hydrogen) atoms. The van der Waals surface area contributed by atoms with E-state index in [4.69, 9.17) is 0 Å². The summed E-state index contributed by atoms with van der Waals surface area (Å²) in [7, 11) is 0. The van der Waals surface area contributed by atoms with Crippen molar-refractivity contribution in [1.29, 1.82) is 0 Å². The number of nitrogens with zero attached hydrogens (tertiary/aromatic N) is 2. The molecule has 6 nitrogen and oxygen atoms in total. The molecule has 0 saturated heterocycles. The summed E-state index contributed by atoms with van der Waals surface area (Å²) in [6.45, 7) is 8.35. The van der Waals surface area contributed by atoms with Crippen LogP contribution in [0, 0.1) is 0 Å². The molecule has 6 heteroatoms. The fourth-order valence-electron chi connectivity index (χ4n) is 4.04. The van der Waals surface area contributed by atoms with E-state index in [1.165, 1.54) is 12.8 Å². The van der Waals surface area contributed by atoms with Gasteiger partial charge in [0.1, 0.15) is 0 Å². The van der Waals surface area contributed by atoms with E-state index < -0.39 is 0 Å². The summed E-state index contributed by atoms with van der Waals surface area (Å²) in [5.41, 5.74) is 4.43. The van der Waals surface area contributed by atoms with E-state index in [1.54, 1.807) is 24.3 Å². The molecule has 0 spiro atoms. The van der Waals surface area contributed by atoms with Gasteiger partial charge in [0.05, 0.1) is 0 Å². The quantitative estimate of drug-likeness (QED) is 0.565. The van der Waals surface area contributed by atoms with Crippen LogP contribution in [0.3, 0.4) is 0 Å². The number of benzene rings is 2. The van der Waals surface area contributed by atoms with E-state index in [-0.39, 0.29) is 23.0 Å². The highest BCUT2D eigenvalue weighted by molar-refractivity contribution is 5.65. The Morgan fingerprint density at radius 2 is 1.10 bits per heavy atom. The predicted octanol–water partition coefficient (Wildman–Crippen LogP) is 4.13. The van der Waals surface area contributed by atoms with Crippen LogP contribution in [0.1, 0.15) is 44.2 Å². The van der Waals surface area contributed by atoms with Gasteiger partial charge in [-0.15, -0.1) is 0 Å². The van der Waals surface area contributed by atoms with Gasteiger partial charge in [-0.3, -0.25) is 0 Å². The van der Waals surface area contributed by atoms with E-state index in [0.717, 1.165) is 67.9 Å². The van der Waals surface area contributed by atoms with Crippen molar-refractivity contribution in [2.75, 3.05) is 36.0 Å². The number of unbranched alkanes of at least 4 members (excludes halogenated alkanes) is 1. The molecule has 0 bridgehead atoms. The van der Waals surface area contributed by atoms with Gasteiger partial charge in [-0.2, -0.15) is 0 Å². The minimum atomic E-state index is -0.0215. The highest BCUT2D eigenvalue weighted by Crippen LogP contribution is 2.38. The van der Waals surface area contributed by atoms with Gasteiger partial charge in [-0.1, -0.05) is 20.3 Å². The molecule has 0 aromatic heterocycles. The van der Waals surface area contributed by atoms with E-state index in [0.29, 0.717) is 0 Å². The van der Waals surface area contributed by atoms with Crippen LogP contribution in [0.4, 0.5) is 11.4 Å². The van der Waals surface area contributed by atoms with Gasteiger partial charge < -0.3 is 30.2 Å². The standard InChI is InChI=1S/C12H17NO2.C11H15NO2/c1-2-3-5-13-6-4-9-7-11(14)12(15)8-10(9)13;1-2-4-12-5-3-8-6-10(13)11(14)7-9(8)12/h7-8,14-15H,2-6H2,1H3;6-7,13-14H,2-5H2,1H3. The third kappa shape index (κ3) is 4.63. The molecular weight excluding hydrogens is 368 g/mol. The molecule has 2 aliphatic heterocycles. The zero-order chi connectivity index (χ0) is 21.0. The third-order valence-electron chi connectivity index (χ3n) is 5.61. The van der Waals surface area contributed by atoms with Crippen LogP contribution in [-0.2, 0) is 12.8 Å². The maximum atomic E-state index is 9.45. The number of phenolic OH excluding ortho intramolecular Hbond substituents is 4. The Kier molecular flexibility index (Phi) is 6.62. The van der Waals surface area contributed by atoms with Crippen molar-refractivity contribution in [1.82, 2.24) is 0 Å². The molecule has 4 N–H and O–H groups in total. The molecule has 158 valence electrons. The number of rotatable bonds is 5. The highest BCUT2D eigenvalue weighted by atomic mass is 16.3. The van der Waals surface area contributed by atoms with Crippen molar-refractivity contribution < 1.29 is 20.4 Å². The van der Waals surface area contributed by atoms with Crippen LogP contribution in [0.15, 0.2) is 24.3 Å². The number of hydrogen-bond donors (Lipinski definition) is 4. The molecule has 0 unspecified atom stereocenters. The molecule has 4 rings (SSSR count). The minimum Gasteiger partial charge on any atom is -0.504 e. The molecule has 0 aliphatic carbocycles. The first-order chi connectivity index (χ1) is 13.9. The van der Waals surface area contributed by atoms with Crippen LogP contribution < -0.4 is 9.80 Å². The summed E-state index contributed by atoms with van der Waals surface area (Å²) in [5, 5.41) is 37.6. The number of anilines is 2. The monoisotopic (exact) mass is 400 g/mol. The SMILES string of the molecule is CCCCN1CCc2cc(O)c(O)cc21.CCCN1CCc2cc(O)c(O)cc21. The average Bonchev–Trinajstić information content (AvgIpc) is 3.26. The van der Waals surface area contributed by atoms with Gasteiger partial charge in [-0.25, -0.2) is 0 Å². The van der Waals surface area contributed by atoms with Gasteiger partial charge in [-0.05, 0) is 48.9 Å². The normalized spacial score (nSPS) is 14.4. The molecule has 0 radical (unpaired) electrons. The Hall–Kier alpha value is -2.76. The smallest absolute Gasteiger partial charge is 0.159 e. The van der Waals surface area contributed by atoms with Crippen molar-refractivity contribution in [2.45, 2.75) is 46.0 Å². The first-order valence-electron chi connectivity index (χ1n) is 10.5. The molecule has 0 atom stereocenters. The second-order valence-corrected chi connectivity index (χ2v) is 7.77. The molecule has 2 heterocycles. The van der Waals surface area contributed by atoms with E-state index in [1.807, 2.05) is 0 Å². The number of fused-ring (bicyclic) bond motifs is 2. The zero-order valence-corrected chi connectivity index (χ0v) is 17.4. The Labute approximate surface area is 172 Å². The lowest BCUT2D eigenvalue weighted by molar-refractivity contribution is 0.403. The van der Waals surface area contributed by atoms with Crippen LogP contribution >= 0.6 is 0 Å². The second-order valence-electron chi connectivity index (χ2n) is 7.77. The number of hydrogen-bond acceptors (Lipinski definition) is 6. The Morgan fingerprint density at radius 3 is 1.55 bits per heavy atom. The maximum Gasteiger partial charge on any atom is 0.159 e. The van der Waals surface area contributed by atoms with Crippen LogP contribution in [0.25, 0.3) is 0 Å². The lowest BCUT2D eigenvalue weighted by atomic mass is 10.1. The van der Waals surface area contributed by atoms with Gasteiger partial charge in [0.15, 0.2) is 23.0 Å². The van der Waals surface area contributed by atoms with Crippen molar-refractivity contribution in [3.63, 3.8) is 0 Å². The van der Waals surface area contributed by atoms with Gasteiger partial charge in [0.25, 0.3) is 0 Å². The van der Waals surface area contributed by atoms with Gasteiger partial charge in [0.2, 0.25) is 0 Å². The molecule has 0 saturated carbocycles. The molecule has 2 aromatic rings. The third-order valence-corrected chi connectivity index (χ3v) is 5.61. The fraction of sp³-hybridized carbons (Fsp3) is 0.478. The average molecular weight is 401 g/mol. The van der Waals surface area contributed by atoms with Crippen molar-refractivity contribution in [2.24, 2.45) is 0 Å². The summed E-state index contributed by atoms with van der Waals surface area (Å²) in [5.74, 6) is -0.0582. The summed E-state index contributed by atoms with van der Waals surface area (Å²) < 4.78 is 0. The van der Waals surface area contributed by atoms with Crippen molar-refractivity contribution in [3.8, 4) is 23.0 Å². The fourth-order valence-corrected chi connectivity index (χ4v) is 4.04. The Morgan fingerprint density at radius 1 is 0.655 bits per heavy atom. The largest absolute Gasteiger partial charge is 0.504 e. The Bertz CT molecular complexity index is 853. The molecular formula is C23H32N2O4. The molecule has 2 aliphatic rings. The highest BCUT2D eigenvalue weighted by Gasteiger charge is 2.21. The summed E-state index contributed by atoms with van der Waals surface area (Å²) >= 11 is 0.